The molecule has 2 aromatic rings. The first-order chi connectivity index (χ1) is 10.9. The highest BCUT2D eigenvalue weighted by Crippen LogP contribution is 2.20. The topological polar surface area (TPSA) is 88.2 Å². The van der Waals surface area contributed by atoms with Gasteiger partial charge in [0.15, 0.2) is 0 Å². The summed E-state index contributed by atoms with van der Waals surface area (Å²) in [5, 5.41) is 2.74. The molecule has 1 aromatic heterocycles. The van der Waals surface area contributed by atoms with Crippen LogP contribution >= 0.6 is 0 Å². The van der Waals surface area contributed by atoms with Crippen molar-refractivity contribution in [2.45, 2.75) is 13.0 Å². The average molecular weight is 333 g/mol. The summed E-state index contributed by atoms with van der Waals surface area (Å²) in [6, 6.07) is 12.5. The molecule has 0 saturated heterocycles. The number of benzene rings is 1. The average Bonchev–Trinajstić information content (AvgIpc) is 2.54. The van der Waals surface area contributed by atoms with E-state index in [-0.39, 0.29) is 0 Å². The Balaban J connectivity index is 2.28. The van der Waals surface area contributed by atoms with Gasteiger partial charge in [0.25, 0.3) is 0 Å². The lowest BCUT2D eigenvalue weighted by atomic mass is 10.0. The van der Waals surface area contributed by atoms with Gasteiger partial charge in [0.05, 0.1) is 11.7 Å². The zero-order valence-corrected chi connectivity index (χ0v) is 13.8. The molecular weight excluding hydrogens is 314 g/mol. The summed E-state index contributed by atoms with van der Waals surface area (Å²) in [5.74, 6) is -1.21. The van der Waals surface area contributed by atoms with E-state index in [4.69, 9.17) is 0 Å². The Morgan fingerprint density at radius 2 is 1.87 bits per heavy atom. The van der Waals surface area contributed by atoms with Crippen molar-refractivity contribution >= 4 is 15.9 Å². The van der Waals surface area contributed by atoms with Crippen molar-refractivity contribution in [3.8, 4) is 0 Å². The molecular formula is C16H19N3O3S. The fourth-order valence-corrected chi connectivity index (χ4v) is 2.65. The van der Waals surface area contributed by atoms with Crippen LogP contribution in [0.5, 0.6) is 0 Å². The molecule has 1 amide bonds. The molecule has 2 rings (SSSR count). The lowest BCUT2D eigenvalue weighted by Gasteiger charge is -2.19. The second kappa shape index (κ2) is 7.34. The molecule has 7 heteroatoms. The van der Waals surface area contributed by atoms with Gasteiger partial charge in [0.2, 0.25) is 15.9 Å². The molecule has 0 aliphatic carbocycles. The van der Waals surface area contributed by atoms with Crippen LogP contribution in [0.3, 0.4) is 0 Å². The number of nitrogens with one attached hydrogen (secondary N) is 2. The van der Waals surface area contributed by atoms with E-state index < -0.39 is 27.7 Å². The molecule has 122 valence electrons. The van der Waals surface area contributed by atoms with Gasteiger partial charge in [0, 0.05) is 6.20 Å². The van der Waals surface area contributed by atoms with Gasteiger partial charge in [-0.25, -0.2) is 13.1 Å². The second-order valence-corrected chi connectivity index (χ2v) is 7.06. The molecule has 0 bridgehead atoms. The molecule has 0 fully saturated rings. The Labute approximate surface area is 136 Å². The fourth-order valence-electron chi connectivity index (χ4n) is 2.08. The number of carbonyl (C=O) groups is 1. The molecule has 1 atom stereocenters. The van der Waals surface area contributed by atoms with E-state index in [9.17, 15) is 13.2 Å². The summed E-state index contributed by atoms with van der Waals surface area (Å²) in [7, 11) is -2.34. The van der Waals surface area contributed by atoms with Crippen LogP contribution in [0.2, 0.25) is 0 Å². The third kappa shape index (κ3) is 4.87. The lowest BCUT2D eigenvalue weighted by Crippen LogP contribution is -2.37. The van der Waals surface area contributed by atoms with Gasteiger partial charge in [-0.1, -0.05) is 35.9 Å². The standard InChI is InChI=1S/C16H19N3O3S/c1-12-6-8-13(9-7-12)16(14-5-3-4-10-18-14)19-15(20)11-23(21,22)17-2/h3-10,16-17H,11H2,1-2H3,(H,19,20). The Hall–Kier alpha value is -2.25. The summed E-state index contributed by atoms with van der Waals surface area (Å²) in [6.07, 6.45) is 1.63. The van der Waals surface area contributed by atoms with E-state index in [1.807, 2.05) is 37.3 Å². The molecule has 1 unspecified atom stereocenters. The van der Waals surface area contributed by atoms with Gasteiger partial charge >= 0.3 is 0 Å². The fraction of sp³-hybridized carbons (Fsp3) is 0.250. The predicted molar refractivity (Wildman–Crippen MR) is 88.2 cm³/mol. The van der Waals surface area contributed by atoms with E-state index in [0.717, 1.165) is 11.1 Å². The maximum atomic E-state index is 12.1. The Morgan fingerprint density at radius 1 is 1.17 bits per heavy atom. The predicted octanol–water partition coefficient (Wildman–Crippen LogP) is 1.14. The van der Waals surface area contributed by atoms with Gasteiger partial charge in [0.1, 0.15) is 5.75 Å². The van der Waals surface area contributed by atoms with Gasteiger partial charge in [-0.15, -0.1) is 0 Å². The molecule has 1 aromatic carbocycles. The highest BCUT2D eigenvalue weighted by molar-refractivity contribution is 7.90. The van der Waals surface area contributed by atoms with Crippen LogP contribution in [0, 0.1) is 6.92 Å². The molecule has 2 N–H and O–H groups in total. The number of carbonyl (C=O) groups excluding carboxylic acids is 1. The first kappa shape index (κ1) is 17.1. The Kier molecular flexibility index (Phi) is 5.46. The van der Waals surface area contributed by atoms with Crippen molar-refractivity contribution < 1.29 is 13.2 Å². The van der Waals surface area contributed by atoms with E-state index in [0.29, 0.717) is 5.69 Å². The zero-order valence-electron chi connectivity index (χ0n) is 13.0. The van der Waals surface area contributed by atoms with Crippen LogP contribution in [0.1, 0.15) is 22.9 Å². The first-order valence-electron chi connectivity index (χ1n) is 7.09. The van der Waals surface area contributed by atoms with Crippen LogP contribution in [-0.4, -0.2) is 32.1 Å². The summed E-state index contributed by atoms with van der Waals surface area (Å²) in [5.41, 5.74) is 2.58. The number of rotatable bonds is 6. The summed E-state index contributed by atoms with van der Waals surface area (Å²) in [4.78, 5) is 16.4. The van der Waals surface area contributed by atoms with Crippen molar-refractivity contribution in [1.82, 2.24) is 15.0 Å². The first-order valence-corrected chi connectivity index (χ1v) is 8.74. The Bertz CT molecular complexity index is 759. The van der Waals surface area contributed by atoms with Crippen molar-refractivity contribution in [2.24, 2.45) is 0 Å². The van der Waals surface area contributed by atoms with Crippen molar-refractivity contribution in [2.75, 3.05) is 12.8 Å². The third-order valence-corrected chi connectivity index (χ3v) is 4.60. The van der Waals surface area contributed by atoms with Gasteiger partial charge in [-0.3, -0.25) is 9.78 Å². The largest absolute Gasteiger partial charge is 0.343 e. The normalized spacial score (nSPS) is 12.6. The van der Waals surface area contributed by atoms with Gasteiger partial charge in [-0.05, 0) is 31.7 Å². The minimum absolute atomic E-state index is 0.503. The number of hydrogen-bond acceptors (Lipinski definition) is 4. The highest BCUT2D eigenvalue weighted by atomic mass is 32.2. The third-order valence-electron chi connectivity index (χ3n) is 3.33. The minimum Gasteiger partial charge on any atom is -0.343 e. The number of aromatic nitrogens is 1. The molecule has 1 heterocycles. The maximum absolute atomic E-state index is 12.1. The van der Waals surface area contributed by atoms with Gasteiger partial charge < -0.3 is 5.32 Å². The summed E-state index contributed by atoms with van der Waals surface area (Å²) >= 11 is 0. The summed E-state index contributed by atoms with van der Waals surface area (Å²) in [6.45, 7) is 1.97. The number of sulfonamides is 1. The smallest absolute Gasteiger partial charge is 0.237 e. The van der Waals surface area contributed by atoms with Crippen molar-refractivity contribution in [3.05, 3.63) is 65.5 Å². The maximum Gasteiger partial charge on any atom is 0.237 e. The SMILES string of the molecule is CNS(=O)(=O)CC(=O)NC(c1ccc(C)cc1)c1ccccn1. The zero-order chi connectivity index (χ0) is 16.9. The molecule has 0 radical (unpaired) electrons. The molecule has 0 spiro atoms. The quantitative estimate of drug-likeness (QED) is 0.830. The van der Waals surface area contributed by atoms with Crippen molar-refractivity contribution in [3.63, 3.8) is 0 Å². The molecule has 0 aliphatic heterocycles. The minimum atomic E-state index is -3.62. The molecule has 0 aliphatic rings. The van der Waals surface area contributed by atoms with Crippen molar-refractivity contribution in [1.29, 1.82) is 0 Å². The van der Waals surface area contributed by atoms with Crippen LogP contribution < -0.4 is 10.0 Å². The van der Waals surface area contributed by atoms with Crippen LogP contribution in [0.4, 0.5) is 0 Å². The van der Waals surface area contributed by atoms with Crippen LogP contribution in [0.15, 0.2) is 48.7 Å². The van der Waals surface area contributed by atoms with Gasteiger partial charge in [-0.2, -0.15) is 0 Å². The molecule has 0 saturated carbocycles. The lowest BCUT2D eigenvalue weighted by molar-refractivity contribution is -0.119. The highest BCUT2D eigenvalue weighted by Gasteiger charge is 2.21. The van der Waals surface area contributed by atoms with Crippen LogP contribution in [0.25, 0.3) is 0 Å². The van der Waals surface area contributed by atoms with Crippen LogP contribution in [-0.2, 0) is 14.8 Å². The summed E-state index contributed by atoms with van der Waals surface area (Å²) < 4.78 is 25.2. The number of aryl methyl sites for hydroxylation is 1. The number of amides is 1. The number of hydrogen-bond donors (Lipinski definition) is 2. The number of nitrogens with zero attached hydrogens (tertiary/aromatic N) is 1. The Morgan fingerprint density at radius 3 is 2.43 bits per heavy atom. The monoisotopic (exact) mass is 333 g/mol. The van der Waals surface area contributed by atoms with E-state index in [1.165, 1.54) is 7.05 Å². The van der Waals surface area contributed by atoms with E-state index >= 15 is 0 Å². The van der Waals surface area contributed by atoms with E-state index in [1.54, 1.807) is 18.3 Å². The second-order valence-electron chi connectivity index (χ2n) is 5.13. The molecule has 6 nitrogen and oxygen atoms in total. The molecule has 23 heavy (non-hydrogen) atoms. The van der Waals surface area contributed by atoms with E-state index in [2.05, 4.69) is 15.0 Å². The number of pyridine rings is 1.